The van der Waals surface area contributed by atoms with Gasteiger partial charge in [-0.2, -0.15) is 0 Å². The van der Waals surface area contributed by atoms with E-state index in [0.29, 0.717) is 24.9 Å². The topological polar surface area (TPSA) is 77.0 Å². The fourth-order valence-electron chi connectivity index (χ4n) is 1.41. The molecule has 18 heavy (non-hydrogen) atoms. The summed E-state index contributed by atoms with van der Waals surface area (Å²) in [4.78, 5) is 4.31. The van der Waals surface area contributed by atoms with Crippen LogP contribution >= 0.6 is 0 Å². The molecule has 98 valence electrons. The first-order chi connectivity index (χ1) is 8.55. The minimum atomic E-state index is -3.16. The number of hydrogen-bond donors (Lipinski definition) is 1. The van der Waals surface area contributed by atoms with Gasteiger partial charge in [-0.05, 0) is 24.3 Å². The summed E-state index contributed by atoms with van der Waals surface area (Å²) in [5.41, 5.74) is 0. The number of rotatable bonds is 4. The van der Waals surface area contributed by atoms with E-state index in [-0.39, 0.29) is 11.6 Å². The van der Waals surface area contributed by atoms with Crippen molar-refractivity contribution in [2.75, 3.05) is 26.1 Å². The van der Waals surface area contributed by atoms with E-state index in [9.17, 15) is 8.42 Å². The molecule has 0 saturated carbocycles. The largest absolute Gasteiger partial charge is 0.473 e. The van der Waals surface area contributed by atoms with Gasteiger partial charge < -0.3 is 14.8 Å². The summed E-state index contributed by atoms with van der Waals surface area (Å²) in [5.74, 6) is 0.577. The first kappa shape index (κ1) is 12.7. The molecule has 7 heteroatoms. The zero-order chi connectivity index (χ0) is 13.0. The van der Waals surface area contributed by atoms with Crippen LogP contribution < -0.4 is 10.1 Å². The van der Waals surface area contributed by atoms with Gasteiger partial charge in [-0.15, -0.1) is 0 Å². The highest BCUT2D eigenvalue weighted by Gasteiger charge is 2.07. The van der Waals surface area contributed by atoms with E-state index in [0.717, 1.165) is 0 Å². The molecule has 0 atom stereocenters. The lowest BCUT2D eigenvalue weighted by Crippen LogP contribution is -2.27. The van der Waals surface area contributed by atoms with Crippen molar-refractivity contribution in [3.63, 3.8) is 0 Å². The Labute approximate surface area is 106 Å². The fraction of sp³-hybridized carbons (Fsp3) is 0.364. The minimum absolute atomic E-state index is 0.219. The zero-order valence-corrected chi connectivity index (χ0v) is 10.7. The number of aliphatic imine (C=N–C) groups is 1. The van der Waals surface area contributed by atoms with Gasteiger partial charge >= 0.3 is 0 Å². The van der Waals surface area contributed by atoms with Gasteiger partial charge in [0.25, 0.3) is 6.02 Å². The maximum atomic E-state index is 11.2. The number of ether oxygens (including phenoxy) is 2. The van der Waals surface area contributed by atoms with Crippen molar-refractivity contribution in [1.82, 2.24) is 5.32 Å². The van der Waals surface area contributed by atoms with Crippen LogP contribution in [0.15, 0.2) is 34.2 Å². The lowest BCUT2D eigenvalue weighted by atomic mass is 10.3. The second-order valence-electron chi connectivity index (χ2n) is 3.74. The standard InChI is InChI=1S/C11H14N2O4S/c1-18(14,15)10-4-2-9(3-5-10)17-8-13-11-12-6-7-16-11/h2-5H,6-8H2,1H3,(H,12,13). The summed E-state index contributed by atoms with van der Waals surface area (Å²) in [6.07, 6.45) is 1.17. The van der Waals surface area contributed by atoms with Crippen LogP contribution in [0.4, 0.5) is 0 Å². The summed E-state index contributed by atoms with van der Waals surface area (Å²) >= 11 is 0. The molecule has 0 spiro atoms. The molecule has 0 fully saturated rings. The van der Waals surface area contributed by atoms with Crippen LogP contribution in [0.2, 0.25) is 0 Å². The van der Waals surface area contributed by atoms with Crippen LogP contribution in [0.1, 0.15) is 0 Å². The summed E-state index contributed by atoms with van der Waals surface area (Å²) < 4.78 is 33.0. The molecule has 1 aliphatic rings. The first-order valence-corrected chi connectivity index (χ1v) is 7.29. The molecule has 0 unspecified atom stereocenters. The normalized spacial score (nSPS) is 14.8. The Kier molecular flexibility index (Phi) is 3.71. The molecule has 0 aromatic heterocycles. The fourth-order valence-corrected chi connectivity index (χ4v) is 2.04. The van der Waals surface area contributed by atoms with Gasteiger partial charge in [-0.25, -0.2) is 13.4 Å². The van der Waals surface area contributed by atoms with Crippen molar-refractivity contribution in [1.29, 1.82) is 0 Å². The van der Waals surface area contributed by atoms with Crippen LogP contribution in [0.25, 0.3) is 0 Å². The third kappa shape index (κ3) is 3.36. The van der Waals surface area contributed by atoms with E-state index in [1.54, 1.807) is 12.1 Å². The van der Waals surface area contributed by atoms with Crippen molar-refractivity contribution in [2.24, 2.45) is 4.99 Å². The Morgan fingerprint density at radius 2 is 2.11 bits per heavy atom. The van der Waals surface area contributed by atoms with Gasteiger partial charge in [0.2, 0.25) is 0 Å². The zero-order valence-electron chi connectivity index (χ0n) is 9.92. The summed E-state index contributed by atoms with van der Waals surface area (Å²) in [6.45, 7) is 1.47. The highest BCUT2D eigenvalue weighted by molar-refractivity contribution is 7.90. The molecule has 0 radical (unpaired) electrons. The highest BCUT2D eigenvalue weighted by Crippen LogP contribution is 2.15. The van der Waals surface area contributed by atoms with Crippen LogP contribution in [-0.2, 0) is 14.6 Å². The van der Waals surface area contributed by atoms with Gasteiger partial charge in [0, 0.05) is 6.26 Å². The molecule has 1 heterocycles. The van der Waals surface area contributed by atoms with Crippen LogP contribution in [0.5, 0.6) is 5.75 Å². The van der Waals surface area contributed by atoms with Gasteiger partial charge in [0.15, 0.2) is 16.6 Å². The summed E-state index contributed by atoms with van der Waals surface area (Å²) in [6, 6.07) is 6.70. The van der Waals surface area contributed by atoms with Crippen LogP contribution in [-0.4, -0.2) is 40.6 Å². The second-order valence-corrected chi connectivity index (χ2v) is 5.76. The van der Waals surface area contributed by atoms with Crippen molar-refractivity contribution in [3.05, 3.63) is 24.3 Å². The molecule has 1 aromatic rings. The predicted octanol–water partition coefficient (Wildman–Crippen LogP) is 0.402. The molecule has 2 rings (SSSR count). The van der Waals surface area contributed by atoms with Gasteiger partial charge in [-0.3, -0.25) is 0 Å². The molecule has 1 aromatic carbocycles. The average Bonchev–Trinajstić information content (AvgIpc) is 2.82. The minimum Gasteiger partial charge on any atom is -0.473 e. The molecular formula is C11H14N2O4S. The molecule has 1 N–H and O–H groups in total. The lowest BCUT2D eigenvalue weighted by molar-refractivity contribution is 0.276. The molecule has 0 amide bonds. The molecule has 0 saturated heterocycles. The quantitative estimate of drug-likeness (QED) is 0.801. The predicted molar refractivity (Wildman–Crippen MR) is 66.4 cm³/mol. The highest BCUT2D eigenvalue weighted by atomic mass is 32.2. The molecule has 1 aliphatic heterocycles. The number of amidine groups is 1. The van der Waals surface area contributed by atoms with Gasteiger partial charge in [0.1, 0.15) is 12.4 Å². The number of hydrogen-bond acceptors (Lipinski definition) is 6. The molecule has 6 nitrogen and oxygen atoms in total. The van der Waals surface area contributed by atoms with Crippen LogP contribution in [0, 0.1) is 0 Å². The van der Waals surface area contributed by atoms with Crippen LogP contribution in [0.3, 0.4) is 0 Å². The Morgan fingerprint density at radius 3 is 2.67 bits per heavy atom. The average molecular weight is 270 g/mol. The van der Waals surface area contributed by atoms with E-state index in [1.165, 1.54) is 18.4 Å². The lowest BCUT2D eigenvalue weighted by Gasteiger charge is -2.08. The van der Waals surface area contributed by atoms with E-state index in [2.05, 4.69) is 10.3 Å². The maximum Gasteiger partial charge on any atom is 0.287 e. The second kappa shape index (κ2) is 5.26. The third-order valence-corrected chi connectivity index (χ3v) is 3.43. The van der Waals surface area contributed by atoms with E-state index in [4.69, 9.17) is 9.47 Å². The molecule has 0 aliphatic carbocycles. The Balaban J connectivity index is 1.86. The molecular weight excluding hydrogens is 256 g/mol. The van der Waals surface area contributed by atoms with Crippen molar-refractivity contribution < 1.29 is 17.9 Å². The van der Waals surface area contributed by atoms with Gasteiger partial charge in [0.05, 0.1) is 11.4 Å². The van der Waals surface area contributed by atoms with Gasteiger partial charge in [-0.1, -0.05) is 0 Å². The number of sulfone groups is 1. The monoisotopic (exact) mass is 270 g/mol. The third-order valence-electron chi connectivity index (χ3n) is 2.30. The molecule has 0 bridgehead atoms. The van der Waals surface area contributed by atoms with Crippen molar-refractivity contribution >= 4 is 15.9 Å². The first-order valence-electron chi connectivity index (χ1n) is 5.40. The Morgan fingerprint density at radius 1 is 1.39 bits per heavy atom. The van der Waals surface area contributed by atoms with Crippen molar-refractivity contribution in [3.8, 4) is 5.75 Å². The van der Waals surface area contributed by atoms with E-state index in [1.807, 2.05) is 0 Å². The Bertz CT molecular complexity index is 537. The van der Waals surface area contributed by atoms with E-state index >= 15 is 0 Å². The number of benzene rings is 1. The van der Waals surface area contributed by atoms with Crippen molar-refractivity contribution in [2.45, 2.75) is 4.90 Å². The SMILES string of the molecule is CS(=O)(=O)c1ccc(OCNC2=NCCO2)cc1. The number of nitrogens with one attached hydrogen (secondary N) is 1. The Hall–Kier alpha value is -1.76. The smallest absolute Gasteiger partial charge is 0.287 e. The summed E-state index contributed by atoms with van der Waals surface area (Å²) in [7, 11) is -3.16. The maximum absolute atomic E-state index is 11.2. The number of nitrogens with zero attached hydrogens (tertiary/aromatic N) is 1. The summed E-state index contributed by atoms with van der Waals surface area (Å²) in [5, 5.41) is 2.86. The van der Waals surface area contributed by atoms with E-state index < -0.39 is 9.84 Å².